The van der Waals surface area contributed by atoms with Crippen molar-refractivity contribution in [2.75, 3.05) is 4.90 Å². The molecule has 0 aromatic heterocycles. The SMILES string of the molecule is CC1(C)CCC(C)(C)c2cc(N(c3ccccc3)c3ccc4c(c3)C3(c5c(cccc5-c5ccccc5)S4)C4CC5CC(C4)CC3C5)ccc21. The summed E-state index contributed by atoms with van der Waals surface area (Å²) < 4.78 is 0. The molecule has 1 heterocycles. The third-order valence-corrected chi connectivity index (χ3v) is 15.1. The molecular weight excluding hydrogens is 623 g/mol. The summed E-state index contributed by atoms with van der Waals surface area (Å²) in [6.45, 7) is 9.77. The zero-order valence-corrected chi connectivity index (χ0v) is 30.9. The quantitative estimate of drug-likeness (QED) is 0.187. The molecule has 252 valence electrons. The average molecular weight is 672 g/mol. The smallest absolute Gasteiger partial charge is 0.0465 e. The van der Waals surface area contributed by atoms with Crippen molar-refractivity contribution in [1.29, 1.82) is 0 Å². The lowest BCUT2D eigenvalue weighted by atomic mass is 9.41. The van der Waals surface area contributed by atoms with E-state index in [-0.39, 0.29) is 16.2 Å². The molecule has 5 aliphatic carbocycles. The maximum Gasteiger partial charge on any atom is 0.0465 e. The van der Waals surface area contributed by atoms with Crippen LogP contribution in [0.4, 0.5) is 17.1 Å². The minimum absolute atomic E-state index is 0.0377. The van der Waals surface area contributed by atoms with Crippen molar-refractivity contribution < 1.29 is 0 Å². The monoisotopic (exact) mass is 671 g/mol. The van der Waals surface area contributed by atoms with Gasteiger partial charge in [0.1, 0.15) is 0 Å². The van der Waals surface area contributed by atoms with Crippen LogP contribution >= 0.6 is 11.8 Å². The van der Waals surface area contributed by atoms with Crippen LogP contribution in [-0.4, -0.2) is 0 Å². The average Bonchev–Trinajstić information content (AvgIpc) is 3.12. The fourth-order valence-corrected chi connectivity index (χ4v) is 13.0. The summed E-state index contributed by atoms with van der Waals surface area (Å²) in [5, 5.41) is 0. The Morgan fingerprint density at radius 2 is 1.12 bits per heavy atom. The molecule has 0 saturated heterocycles. The fourth-order valence-electron chi connectivity index (χ4n) is 11.7. The van der Waals surface area contributed by atoms with E-state index in [9.17, 15) is 0 Å². The summed E-state index contributed by atoms with van der Waals surface area (Å²) in [4.78, 5) is 5.52. The Morgan fingerprint density at radius 3 is 1.80 bits per heavy atom. The molecule has 0 amide bonds. The van der Waals surface area contributed by atoms with Crippen LogP contribution in [0.15, 0.2) is 125 Å². The van der Waals surface area contributed by atoms with Gasteiger partial charge in [-0.3, -0.25) is 0 Å². The van der Waals surface area contributed by atoms with Crippen LogP contribution in [0.3, 0.4) is 0 Å². The predicted octanol–water partition coefficient (Wildman–Crippen LogP) is 13.4. The van der Waals surface area contributed by atoms with Crippen LogP contribution in [0.5, 0.6) is 0 Å². The molecule has 2 heteroatoms. The van der Waals surface area contributed by atoms with Gasteiger partial charge in [-0.15, -0.1) is 0 Å². The van der Waals surface area contributed by atoms with Gasteiger partial charge in [0, 0.05) is 32.3 Å². The van der Waals surface area contributed by atoms with E-state index in [1.165, 1.54) is 94.1 Å². The highest BCUT2D eigenvalue weighted by atomic mass is 32.2. The summed E-state index contributed by atoms with van der Waals surface area (Å²) in [5.74, 6) is 3.18. The Labute approximate surface area is 303 Å². The molecule has 50 heavy (non-hydrogen) atoms. The number of nitrogens with zero attached hydrogens (tertiary/aromatic N) is 1. The third kappa shape index (κ3) is 4.52. The summed E-state index contributed by atoms with van der Waals surface area (Å²) in [5.41, 5.74) is 13.3. The van der Waals surface area contributed by atoms with E-state index in [1.807, 2.05) is 11.8 Å². The van der Waals surface area contributed by atoms with Gasteiger partial charge in [-0.1, -0.05) is 106 Å². The van der Waals surface area contributed by atoms with Gasteiger partial charge < -0.3 is 4.90 Å². The van der Waals surface area contributed by atoms with Crippen LogP contribution < -0.4 is 4.90 Å². The second-order valence-corrected chi connectivity index (χ2v) is 18.8. The molecule has 1 aliphatic heterocycles. The summed E-state index contributed by atoms with van der Waals surface area (Å²) >= 11 is 2.02. The maximum absolute atomic E-state index is 2.66. The van der Waals surface area contributed by atoms with E-state index in [4.69, 9.17) is 0 Å². The van der Waals surface area contributed by atoms with Gasteiger partial charge in [-0.2, -0.15) is 0 Å². The van der Waals surface area contributed by atoms with Crippen LogP contribution in [-0.2, 0) is 16.2 Å². The van der Waals surface area contributed by atoms with Crippen molar-refractivity contribution >= 4 is 28.8 Å². The van der Waals surface area contributed by atoms with Crippen LogP contribution in [0.1, 0.15) is 94.9 Å². The highest BCUT2D eigenvalue weighted by Crippen LogP contribution is 2.70. The number of rotatable bonds is 4. The van der Waals surface area contributed by atoms with E-state index in [0.717, 1.165) is 11.8 Å². The topological polar surface area (TPSA) is 3.24 Å². The molecule has 6 aliphatic rings. The Bertz CT molecular complexity index is 2080. The largest absolute Gasteiger partial charge is 0.310 e. The minimum Gasteiger partial charge on any atom is -0.310 e. The Hall–Kier alpha value is -3.75. The molecule has 5 aromatic rings. The second kappa shape index (κ2) is 11.1. The van der Waals surface area contributed by atoms with E-state index in [1.54, 1.807) is 11.1 Å². The van der Waals surface area contributed by atoms with E-state index in [0.29, 0.717) is 11.8 Å². The molecule has 1 spiro atoms. The maximum atomic E-state index is 2.66. The standard InChI is InChI=1S/C48H49NS/c1-46(2)22-23-47(3,4)41-29-37(18-20-40(41)46)49(36-14-9-6-10-15-36)38-19-21-43-42(30-38)48(34-25-31-24-32(27-34)28-35(48)26-31)45-39(16-11-17-44(45)50-43)33-12-7-5-8-13-33/h5-21,29-32,34-35H,22-28H2,1-4H3. The molecule has 4 saturated carbocycles. The Balaban J connectivity index is 1.20. The first-order chi connectivity index (χ1) is 24.2. The van der Waals surface area contributed by atoms with Crippen molar-refractivity contribution in [3.63, 3.8) is 0 Å². The molecule has 1 nitrogen and oxygen atoms in total. The van der Waals surface area contributed by atoms with E-state index >= 15 is 0 Å². The lowest BCUT2D eigenvalue weighted by molar-refractivity contribution is -0.0441. The van der Waals surface area contributed by atoms with Gasteiger partial charge in [-0.05, 0) is 161 Å². The Kier molecular flexibility index (Phi) is 6.90. The molecule has 4 fully saturated rings. The number of benzene rings is 5. The van der Waals surface area contributed by atoms with Crippen molar-refractivity contribution in [1.82, 2.24) is 0 Å². The third-order valence-electron chi connectivity index (χ3n) is 13.9. The molecule has 0 N–H and O–H groups in total. The first-order valence-corrected chi connectivity index (χ1v) is 20.1. The van der Waals surface area contributed by atoms with E-state index < -0.39 is 0 Å². The zero-order chi connectivity index (χ0) is 33.8. The molecule has 0 unspecified atom stereocenters. The molecule has 4 bridgehead atoms. The number of fused-ring (bicyclic) bond motifs is 3. The first-order valence-electron chi connectivity index (χ1n) is 19.2. The Morgan fingerprint density at radius 1 is 0.520 bits per heavy atom. The number of para-hydroxylation sites is 1. The van der Waals surface area contributed by atoms with Gasteiger partial charge in [0.2, 0.25) is 0 Å². The van der Waals surface area contributed by atoms with Gasteiger partial charge in [0.15, 0.2) is 0 Å². The molecule has 0 atom stereocenters. The van der Waals surface area contributed by atoms with Gasteiger partial charge in [0.05, 0.1) is 0 Å². The van der Waals surface area contributed by atoms with Gasteiger partial charge in [-0.25, -0.2) is 0 Å². The highest BCUT2D eigenvalue weighted by molar-refractivity contribution is 7.99. The zero-order valence-electron chi connectivity index (χ0n) is 30.1. The normalized spacial score (nSPS) is 27.8. The minimum atomic E-state index is 0.0377. The van der Waals surface area contributed by atoms with Crippen molar-refractivity contribution in [3.05, 3.63) is 138 Å². The molecule has 0 radical (unpaired) electrons. The summed E-state index contributed by atoms with van der Waals surface area (Å²) in [6.07, 6.45) is 9.42. The second-order valence-electron chi connectivity index (χ2n) is 17.7. The van der Waals surface area contributed by atoms with Crippen LogP contribution in [0.2, 0.25) is 0 Å². The molecule has 5 aromatic carbocycles. The van der Waals surface area contributed by atoms with E-state index in [2.05, 4.69) is 148 Å². The lowest BCUT2D eigenvalue weighted by Crippen LogP contribution is -2.57. The van der Waals surface area contributed by atoms with Crippen molar-refractivity contribution in [3.8, 4) is 11.1 Å². The van der Waals surface area contributed by atoms with Crippen molar-refractivity contribution in [2.45, 2.75) is 98.7 Å². The van der Waals surface area contributed by atoms with Gasteiger partial charge >= 0.3 is 0 Å². The highest BCUT2D eigenvalue weighted by Gasteiger charge is 2.61. The van der Waals surface area contributed by atoms with Crippen LogP contribution in [0.25, 0.3) is 11.1 Å². The molecule has 11 rings (SSSR count). The summed E-state index contributed by atoms with van der Waals surface area (Å²) in [7, 11) is 0. The molecular formula is C48H49NS. The number of hydrogen-bond acceptors (Lipinski definition) is 2. The first kappa shape index (κ1) is 31.0. The fraction of sp³-hybridized carbons (Fsp3) is 0.375. The summed E-state index contributed by atoms with van der Waals surface area (Å²) in [6, 6.07) is 44.6. The number of hydrogen-bond donors (Lipinski definition) is 0. The van der Waals surface area contributed by atoms with Crippen LogP contribution in [0, 0.1) is 23.7 Å². The lowest BCUT2D eigenvalue weighted by Gasteiger charge is -2.63. The predicted molar refractivity (Wildman–Crippen MR) is 210 cm³/mol. The number of anilines is 3. The van der Waals surface area contributed by atoms with Crippen molar-refractivity contribution in [2.24, 2.45) is 23.7 Å². The van der Waals surface area contributed by atoms with Gasteiger partial charge in [0.25, 0.3) is 0 Å².